The van der Waals surface area contributed by atoms with Crippen LogP contribution >= 0.6 is 11.6 Å². The van der Waals surface area contributed by atoms with E-state index < -0.39 is 34.0 Å². The third-order valence-corrected chi connectivity index (χ3v) is 1.71. The number of hydrogen-bond donors (Lipinski definition) is 0. The molecule has 0 aromatic heterocycles. The van der Waals surface area contributed by atoms with Crippen molar-refractivity contribution in [1.29, 1.82) is 0 Å². The maximum absolute atomic E-state index is 12.7. The van der Waals surface area contributed by atoms with Gasteiger partial charge < -0.3 is 4.74 Å². The Morgan fingerprint density at radius 2 is 1.38 bits per heavy atom. The molecule has 72 valence electrons. The van der Waals surface area contributed by atoms with Crippen LogP contribution in [0.3, 0.4) is 0 Å². The lowest BCUT2D eigenvalue weighted by Gasteiger charge is -2.06. The molecule has 0 bridgehead atoms. The van der Waals surface area contributed by atoms with Crippen LogP contribution in [-0.2, 0) is 0 Å². The number of methoxy groups -OCH3 is 1. The summed E-state index contributed by atoms with van der Waals surface area (Å²) in [7, 11) is 0.959. The van der Waals surface area contributed by atoms with Crippen molar-refractivity contribution in [3.63, 3.8) is 0 Å². The fraction of sp³-hybridized carbons (Fsp3) is 0.143. The smallest absolute Gasteiger partial charge is 0.205 e. The second kappa shape index (κ2) is 3.41. The van der Waals surface area contributed by atoms with Crippen molar-refractivity contribution in [2.75, 3.05) is 7.11 Å². The van der Waals surface area contributed by atoms with Crippen LogP contribution < -0.4 is 4.74 Å². The first kappa shape index (κ1) is 10.1. The molecule has 1 aromatic rings. The average molecular weight is 215 g/mol. The van der Waals surface area contributed by atoms with E-state index in [0.29, 0.717) is 0 Å². The Morgan fingerprint density at radius 1 is 0.923 bits per heavy atom. The minimum atomic E-state index is -1.96. The SMILES string of the molecule is COc1c(F)c(F)c(F)c(F)c1Cl. The van der Waals surface area contributed by atoms with Gasteiger partial charge in [0, 0.05) is 0 Å². The molecule has 0 aliphatic rings. The molecule has 0 N–H and O–H groups in total. The number of ether oxygens (including phenoxy) is 1. The summed E-state index contributed by atoms with van der Waals surface area (Å²) in [5, 5.41) is -0.918. The van der Waals surface area contributed by atoms with Crippen LogP contribution in [0.15, 0.2) is 0 Å². The number of benzene rings is 1. The van der Waals surface area contributed by atoms with Gasteiger partial charge in [-0.2, -0.15) is 4.39 Å². The zero-order chi connectivity index (χ0) is 10.2. The lowest BCUT2D eigenvalue weighted by molar-refractivity contribution is 0.346. The van der Waals surface area contributed by atoms with E-state index in [4.69, 9.17) is 11.6 Å². The number of rotatable bonds is 1. The Hall–Kier alpha value is -0.970. The molecular formula is C7H3ClF4O. The molecule has 0 atom stereocenters. The predicted molar refractivity (Wildman–Crippen MR) is 37.8 cm³/mol. The van der Waals surface area contributed by atoms with Crippen LogP contribution in [0.1, 0.15) is 0 Å². The lowest BCUT2D eigenvalue weighted by atomic mass is 10.3. The molecule has 13 heavy (non-hydrogen) atoms. The highest BCUT2D eigenvalue weighted by Crippen LogP contribution is 2.33. The first-order valence-electron chi connectivity index (χ1n) is 3.06. The fourth-order valence-electron chi connectivity index (χ4n) is 0.764. The van der Waals surface area contributed by atoms with Gasteiger partial charge in [0.25, 0.3) is 0 Å². The van der Waals surface area contributed by atoms with Gasteiger partial charge in [-0.15, -0.1) is 0 Å². The molecule has 0 unspecified atom stereocenters. The quantitative estimate of drug-likeness (QED) is 0.397. The van der Waals surface area contributed by atoms with E-state index in [9.17, 15) is 17.6 Å². The van der Waals surface area contributed by atoms with Gasteiger partial charge in [0.1, 0.15) is 5.02 Å². The van der Waals surface area contributed by atoms with Crippen molar-refractivity contribution in [1.82, 2.24) is 0 Å². The zero-order valence-electron chi connectivity index (χ0n) is 6.30. The first-order chi connectivity index (χ1) is 6.00. The summed E-state index contributed by atoms with van der Waals surface area (Å²) in [6.45, 7) is 0. The van der Waals surface area contributed by atoms with E-state index in [1.807, 2.05) is 0 Å². The first-order valence-corrected chi connectivity index (χ1v) is 3.44. The molecule has 0 heterocycles. The van der Waals surface area contributed by atoms with Crippen molar-refractivity contribution >= 4 is 11.6 Å². The molecule has 0 saturated carbocycles. The Balaban J connectivity index is 3.56. The van der Waals surface area contributed by atoms with Crippen LogP contribution in [0, 0.1) is 23.3 Å². The topological polar surface area (TPSA) is 9.23 Å². The number of halogens is 5. The van der Waals surface area contributed by atoms with Crippen LogP contribution in [-0.4, -0.2) is 7.11 Å². The molecular weight excluding hydrogens is 212 g/mol. The summed E-state index contributed by atoms with van der Waals surface area (Å²) in [4.78, 5) is 0. The monoisotopic (exact) mass is 214 g/mol. The van der Waals surface area contributed by atoms with Crippen molar-refractivity contribution in [3.05, 3.63) is 28.3 Å². The van der Waals surface area contributed by atoms with Gasteiger partial charge in [-0.3, -0.25) is 0 Å². The van der Waals surface area contributed by atoms with Crippen molar-refractivity contribution in [2.24, 2.45) is 0 Å². The van der Waals surface area contributed by atoms with Crippen LogP contribution in [0.4, 0.5) is 17.6 Å². The highest BCUT2D eigenvalue weighted by Gasteiger charge is 2.24. The van der Waals surface area contributed by atoms with Crippen molar-refractivity contribution in [2.45, 2.75) is 0 Å². The summed E-state index contributed by atoms with van der Waals surface area (Å²) in [5.74, 6) is -8.07. The van der Waals surface area contributed by atoms with Crippen molar-refractivity contribution < 1.29 is 22.3 Å². The Labute approximate surface area is 75.9 Å². The van der Waals surface area contributed by atoms with Gasteiger partial charge in [0.2, 0.25) is 11.6 Å². The van der Waals surface area contributed by atoms with E-state index in [1.165, 1.54) is 0 Å². The largest absolute Gasteiger partial charge is 0.492 e. The minimum Gasteiger partial charge on any atom is -0.492 e. The Morgan fingerprint density at radius 3 is 1.85 bits per heavy atom. The predicted octanol–water partition coefficient (Wildman–Crippen LogP) is 2.91. The summed E-state index contributed by atoms with van der Waals surface area (Å²) in [6, 6.07) is 0. The molecule has 0 spiro atoms. The lowest BCUT2D eigenvalue weighted by Crippen LogP contribution is -2.01. The van der Waals surface area contributed by atoms with E-state index in [2.05, 4.69) is 4.74 Å². The Kier molecular flexibility index (Phi) is 2.66. The molecule has 0 aliphatic heterocycles. The second-order valence-electron chi connectivity index (χ2n) is 2.10. The van der Waals surface area contributed by atoms with E-state index in [1.54, 1.807) is 0 Å². The zero-order valence-corrected chi connectivity index (χ0v) is 7.05. The standard InChI is InChI=1S/C7H3ClF4O/c1-13-7-2(8)3(9)4(10)5(11)6(7)12/h1H3. The summed E-state index contributed by atoms with van der Waals surface area (Å²) >= 11 is 5.13. The van der Waals surface area contributed by atoms with E-state index in [-0.39, 0.29) is 0 Å². The van der Waals surface area contributed by atoms with E-state index in [0.717, 1.165) is 7.11 Å². The fourth-order valence-corrected chi connectivity index (χ4v) is 1.01. The van der Waals surface area contributed by atoms with Gasteiger partial charge in [-0.1, -0.05) is 11.6 Å². The number of hydrogen-bond acceptors (Lipinski definition) is 1. The maximum atomic E-state index is 12.7. The van der Waals surface area contributed by atoms with Gasteiger partial charge in [-0.05, 0) is 0 Å². The minimum absolute atomic E-state index is 0.849. The Bertz CT molecular complexity index is 324. The van der Waals surface area contributed by atoms with Crippen LogP contribution in [0.5, 0.6) is 5.75 Å². The maximum Gasteiger partial charge on any atom is 0.205 e. The van der Waals surface area contributed by atoms with Crippen LogP contribution in [0.2, 0.25) is 5.02 Å². The third-order valence-electron chi connectivity index (χ3n) is 1.37. The molecule has 1 nitrogen and oxygen atoms in total. The molecule has 0 saturated heterocycles. The molecule has 0 radical (unpaired) electrons. The summed E-state index contributed by atoms with van der Waals surface area (Å²) in [6.07, 6.45) is 0. The van der Waals surface area contributed by atoms with Gasteiger partial charge in [0.15, 0.2) is 17.4 Å². The molecule has 0 amide bonds. The van der Waals surface area contributed by atoms with Gasteiger partial charge in [-0.25, -0.2) is 13.2 Å². The second-order valence-corrected chi connectivity index (χ2v) is 2.48. The summed E-state index contributed by atoms with van der Waals surface area (Å²) < 4.78 is 54.5. The highest BCUT2D eigenvalue weighted by molar-refractivity contribution is 6.32. The molecule has 0 fully saturated rings. The highest BCUT2D eigenvalue weighted by atomic mass is 35.5. The van der Waals surface area contributed by atoms with Gasteiger partial charge in [0.05, 0.1) is 7.11 Å². The third kappa shape index (κ3) is 1.44. The normalized spacial score (nSPS) is 10.3. The molecule has 1 aromatic carbocycles. The van der Waals surface area contributed by atoms with Crippen molar-refractivity contribution in [3.8, 4) is 5.75 Å². The summed E-state index contributed by atoms with van der Waals surface area (Å²) in [5.41, 5.74) is 0. The van der Waals surface area contributed by atoms with Gasteiger partial charge >= 0.3 is 0 Å². The average Bonchev–Trinajstić information content (AvgIpc) is 2.13. The molecule has 1 rings (SSSR count). The van der Waals surface area contributed by atoms with E-state index >= 15 is 0 Å². The van der Waals surface area contributed by atoms with Crippen LogP contribution in [0.25, 0.3) is 0 Å². The molecule has 6 heteroatoms. The molecule has 0 aliphatic carbocycles.